The number of aliphatic hydroxyl groups is 1. The van der Waals surface area contributed by atoms with Crippen LogP contribution < -0.4 is 14.8 Å². The van der Waals surface area contributed by atoms with Gasteiger partial charge in [-0.05, 0) is 31.5 Å². The lowest BCUT2D eigenvalue weighted by atomic mass is 10.2. The zero-order chi connectivity index (χ0) is 14.3. The minimum Gasteiger partial charge on any atom is -0.490 e. The van der Waals surface area contributed by atoms with Crippen molar-refractivity contribution >= 4 is 0 Å². The molecular formula is C13H19F2NO3. The van der Waals surface area contributed by atoms with E-state index in [-0.39, 0.29) is 5.75 Å². The van der Waals surface area contributed by atoms with Crippen LogP contribution in [0.3, 0.4) is 0 Å². The molecule has 0 fully saturated rings. The van der Waals surface area contributed by atoms with Crippen molar-refractivity contribution in [3.05, 3.63) is 23.8 Å². The molecule has 0 aliphatic rings. The van der Waals surface area contributed by atoms with Gasteiger partial charge in [-0.3, -0.25) is 0 Å². The van der Waals surface area contributed by atoms with Crippen molar-refractivity contribution in [2.45, 2.75) is 33.1 Å². The normalized spacial score (nSPS) is 12.5. The Labute approximate surface area is 111 Å². The third-order valence-electron chi connectivity index (χ3n) is 2.29. The third-order valence-corrected chi connectivity index (χ3v) is 2.29. The number of aliphatic hydroxyl groups excluding tert-OH is 1. The van der Waals surface area contributed by atoms with Gasteiger partial charge < -0.3 is 19.9 Å². The summed E-state index contributed by atoms with van der Waals surface area (Å²) in [4.78, 5) is 0. The first-order chi connectivity index (χ1) is 9.02. The molecule has 0 spiro atoms. The monoisotopic (exact) mass is 275 g/mol. The Hall–Kier alpha value is -1.40. The topological polar surface area (TPSA) is 50.7 Å². The summed E-state index contributed by atoms with van der Waals surface area (Å²) >= 11 is 0. The molecule has 4 nitrogen and oxygen atoms in total. The van der Waals surface area contributed by atoms with Crippen LogP contribution in [-0.4, -0.2) is 31.0 Å². The van der Waals surface area contributed by atoms with E-state index in [1.54, 1.807) is 26.0 Å². The van der Waals surface area contributed by atoms with Gasteiger partial charge in [0.25, 0.3) is 0 Å². The van der Waals surface area contributed by atoms with Crippen molar-refractivity contribution in [1.29, 1.82) is 0 Å². The van der Waals surface area contributed by atoms with E-state index in [1.807, 2.05) is 0 Å². The van der Waals surface area contributed by atoms with Crippen LogP contribution in [0.15, 0.2) is 18.2 Å². The van der Waals surface area contributed by atoms with E-state index in [2.05, 4.69) is 10.1 Å². The number of hydrogen-bond donors (Lipinski definition) is 2. The highest BCUT2D eigenvalue weighted by molar-refractivity contribution is 5.43. The van der Waals surface area contributed by atoms with Crippen molar-refractivity contribution in [3.8, 4) is 11.5 Å². The molecule has 19 heavy (non-hydrogen) atoms. The van der Waals surface area contributed by atoms with E-state index in [0.29, 0.717) is 25.4 Å². The number of hydrogen-bond acceptors (Lipinski definition) is 4. The molecule has 1 aromatic carbocycles. The summed E-state index contributed by atoms with van der Waals surface area (Å²) < 4.78 is 34.1. The Balaban J connectivity index is 2.71. The van der Waals surface area contributed by atoms with E-state index in [0.717, 1.165) is 5.56 Å². The second-order valence-electron chi connectivity index (χ2n) is 4.07. The first-order valence-electron chi connectivity index (χ1n) is 6.12. The van der Waals surface area contributed by atoms with E-state index in [9.17, 15) is 8.78 Å². The Morgan fingerprint density at radius 2 is 2.05 bits per heavy atom. The molecule has 1 unspecified atom stereocenters. The fourth-order valence-corrected chi connectivity index (χ4v) is 1.55. The fraction of sp³-hybridized carbons (Fsp3) is 0.538. The minimum atomic E-state index is -2.88. The number of halogens is 2. The van der Waals surface area contributed by atoms with Crippen molar-refractivity contribution in [1.82, 2.24) is 5.32 Å². The number of nitrogens with one attached hydrogen (secondary N) is 1. The molecule has 0 bridgehead atoms. The van der Waals surface area contributed by atoms with E-state index >= 15 is 0 Å². The lowest BCUT2D eigenvalue weighted by molar-refractivity contribution is -0.0514. The summed E-state index contributed by atoms with van der Waals surface area (Å²) in [6.45, 7) is 1.91. The summed E-state index contributed by atoms with van der Waals surface area (Å²) in [7, 11) is 0. The molecule has 1 rings (SSSR count). The Morgan fingerprint density at radius 3 is 2.63 bits per heavy atom. The van der Waals surface area contributed by atoms with E-state index in [4.69, 9.17) is 9.84 Å². The van der Waals surface area contributed by atoms with Gasteiger partial charge in [0.15, 0.2) is 11.5 Å². The van der Waals surface area contributed by atoms with Crippen LogP contribution in [0, 0.1) is 0 Å². The van der Waals surface area contributed by atoms with Crippen molar-refractivity contribution in [3.63, 3.8) is 0 Å². The molecule has 108 valence electrons. The third kappa shape index (κ3) is 5.85. The van der Waals surface area contributed by atoms with Crippen LogP contribution in [0.4, 0.5) is 8.78 Å². The molecule has 0 heterocycles. The molecule has 0 saturated carbocycles. The van der Waals surface area contributed by atoms with E-state index < -0.39 is 12.7 Å². The van der Waals surface area contributed by atoms with Crippen molar-refractivity contribution in [2.75, 3.05) is 13.2 Å². The molecular weight excluding hydrogens is 256 g/mol. The number of ether oxygens (including phenoxy) is 2. The lowest BCUT2D eigenvalue weighted by Gasteiger charge is -2.13. The SMILES string of the molecule is CCOc1cc(CNCC(C)O)ccc1OC(F)F. The Bertz CT molecular complexity index is 386. The quantitative estimate of drug-likeness (QED) is 0.763. The summed E-state index contributed by atoms with van der Waals surface area (Å²) in [5.74, 6) is 0.315. The van der Waals surface area contributed by atoms with Crippen LogP contribution >= 0.6 is 0 Å². The summed E-state index contributed by atoms with van der Waals surface area (Å²) in [6.07, 6.45) is -0.437. The van der Waals surface area contributed by atoms with Crippen LogP contribution in [0.5, 0.6) is 11.5 Å². The maximum Gasteiger partial charge on any atom is 0.387 e. The lowest BCUT2D eigenvalue weighted by Crippen LogP contribution is -2.23. The minimum absolute atomic E-state index is 0.0242. The van der Waals surface area contributed by atoms with Gasteiger partial charge in [-0.2, -0.15) is 8.78 Å². The number of rotatable bonds is 8. The van der Waals surface area contributed by atoms with E-state index in [1.165, 1.54) is 6.07 Å². The Kier molecular flexibility index (Phi) is 6.52. The van der Waals surface area contributed by atoms with Gasteiger partial charge in [0.05, 0.1) is 12.7 Å². The van der Waals surface area contributed by atoms with Gasteiger partial charge in [-0.15, -0.1) is 0 Å². The smallest absolute Gasteiger partial charge is 0.387 e. The average Bonchev–Trinajstić information content (AvgIpc) is 2.31. The molecule has 2 N–H and O–H groups in total. The van der Waals surface area contributed by atoms with Crippen LogP contribution in [0.1, 0.15) is 19.4 Å². The van der Waals surface area contributed by atoms with Crippen LogP contribution in [-0.2, 0) is 6.54 Å². The first-order valence-corrected chi connectivity index (χ1v) is 6.12. The van der Waals surface area contributed by atoms with Gasteiger partial charge >= 0.3 is 6.61 Å². The second-order valence-corrected chi connectivity index (χ2v) is 4.07. The molecule has 0 aliphatic heterocycles. The molecule has 1 atom stereocenters. The molecule has 0 saturated heterocycles. The average molecular weight is 275 g/mol. The second kappa shape index (κ2) is 7.91. The maximum atomic E-state index is 12.2. The molecule has 0 aliphatic carbocycles. The van der Waals surface area contributed by atoms with Crippen LogP contribution in [0.2, 0.25) is 0 Å². The van der Waals surface area contributed by atoms with Crippen molar-refractivity contribution in [2.24, 2.45) is 0 Å². The largest absolute Gasteiger partial charge is 0.490 e. The predicted molar refractivity (Wildman–Crippen MR) is 67.6 cm³/mol. The maximum absolute atomic E-state index is 12.2. The molecule has 0 amide bonds. The zero-order valence-corrected chi connectivity index (χ0v) is 11.0. The first kappa shape index (κ1) is 15.7. The molecule has 0 aromatic heterocycles. The van der Waals surface area contributed by atoms with Gasteiger partial charge in [-0.1, -0.05) is 6.07 Å². The molecule has 1 aromatic rings. The highest BCUT2D eigenvalue weighted by Gasteiger charge is 2.11. The van der Waals surface area contributed by atoms with Gasteiger partial charge in [0.2, 0.25) is 0 Å². The highest BCUT2D eigenvalue weighted by atomic mass is 19.3. The zero-order valence-electron chi connectivity index (χ0n) is 11.0. The summed E-state index contributed by atoms with van der Waals surface area (Å²) in [6, 6.07) is 4.78. The predicted octanol–water partition coefficient (Wildman–Crippen LogP) is 2.16. The highest BCUT2D eigenvalue weighted by Crippen LogP contribution is 2.29. The fourth-order valence-electron chi connectivity index (χ4n) is 1.55. The molecule has 0 radical (unpaired) electrons. The van der Waals surface area contributed by atoms with Gasteiger partial charge in [0, 0.05) is 13.1 Å². The van der Waals surface area contributed by atoms with Crippen molar-refractivity contribution < 1.29 is 23.4 Å². The molecule has 6 heteroatoms. The number of alkyl halides is 2. The Morgan fingerprint density at radius 1 is 1.32 bits per heavy atom. The summed E-state index contributed by atoms with van der Waals surface area (Å²) in [5.41, 5.74) is 0.866. The standard InChI is InChI=1S/C13H19F2NO3/c1-3-18-12-6-10(8-16-7-9(2)17)4-5-11(12)19-13(14)15/h4-6,9,13,16-17H,3,7-8H2,1-2H3. The van der Waals surface area contributed by atoms with Gasteiger partial charge in [-0.25, -0.2) is 0 Å². The summed E-state index contributed by atoms with van der Waals surface area (Å²) in [5, 5.41) is 12.2. The van der Waals surface area contributed by atoms with Gasteiger partial charge in [0.1, 0.15) is 0 Å². The van der Waals surface area contributed by atoms with Crippen LogP contribution in [0.25, 0.3) is 0 Å². The number of benzene rings is 1.